The van der Waals surface area contributed by atoms with Gasteiger partial charge in [0.25, 0.3) is 23.6 Å². The minimum Gasteiger partial charge on any atom is -0.388 e. The van der Waals surface area contributed by atoms with Crippen molar-refractivity contribution in [2.75, 3.05) is 51.1 Å². The van der Waals surface area contributed by atoms with Gasteiger partial charge in [0.1, 0.15) is 17.1 Å². The Bertz CT molecular complexity index is 2140. The fourth-order valence-corrected chi connectivity index (χ4v) is 6.61. The van der Waals surface area contributed by atoms with E-state index in [1.54, 1.807) is 71.5 Å². The fourth-order valence-electron chi connectivity index (χ4n) is 5.75. The summed E-state index contributed by atoms with van der Waals surface area (Å²) in [7, 11) is 5.16. The van der Waals surface area contributed by atoms with Crippen LogP contribution in [0.1, 0.15) is 48.2 Å². The molecule has 0 unspecified atom stereocenters. The Balaban J connectivity index is 0.00000627. The van der Waals surface area contributed by atoms with Crippen molar-refractivity contribution >= 4 is 107 Å². The quantitative estimate of drug-likeness (QED) is 0.0447. The van der Waals surface area contributed by atoms with E-state index in [4.69, 9.17) is 11.1 Å². The van der Waals surface area contributed by atoms with Crippen LogP contribution in [0.3, 0.4) is 0 Å². The standard InChI is InChI=1S/C36H40Br2N10O4.ClH/c1-45-20-25(18-29(45)34(50)41-13-10-32(39)40)43-35(51)30-19-26(21-46(30)2)44-36(52)31-17-23-16-24(6-9-28(23)47(31)3)42-33(49)22-4-7-27(8-5-22)48(14-11-37)15-12-38;/h4-9,16-21H,10-15H2,1-3H3,(H3,39,40)(H,41,50)(H,42,49)(H,43,51)(H,44,52);1H. The topological polar surface area (TPSA) is 184 Å². The lowest BCUT2D eigenvalue weighted by Crippen LogP contribution is -2.28. The Morgan fingerprint density at radius 3 is 1.83 bits per heavy atom. The van der Waals surface area contributed by atoms with Crippen molar-refractivity contribution in [1.29, 1.82) is 5.41 Å². The third kappa shape index (κ3) is 9.88. The number of aromatic nitrogens is 3. The van der Waals surface area contributed by atoms with Crippen molar-refractivity contribution in [1.82, 2.24) is 19.0 Å². The summed E-state index contributed by atoms with van der Waals surface area (Å²) in [5.41, 5.74) is 10.1. The van der Waals surface area contributed by atoms with Gasteiger partial charge in [-0.15, -0.1) is 12.4 Å². The van der Waals surface area contributed by atoms with Crippen molar-refractivity contribution in [2.24, 2.45) is 26.9 Å². The van der Waals surface area contributed by atoms with E-state index in [2.05, 4.69) is 58.0 Å². The summed E-state index contributed by atoms with van der Waals surface area (Å²) >= 11 is 6.99. The van der Waals surface area contributed by atoms with Crippen molar-refractivity contribution in [3.63, 3.8) is 0 Å². The van der Waals surface area contributed by atoms with Gasteiger partial charge < -0.3 is 45.6 Å². The largest absolute Gasteiger partial charge is 0.388 e. The number of halogens is 3. The number of nitrogens with one attached hydrogen (secondary N) is 5. The number of rotatable bonds is 15. The predicted octanol–water partition coefficient (Wildman–Crippen LogP) is 5.69. The maximum absolute atomic E-state index is 13.4. The van der Waals surface area contributed by atoms with Gasteiger partial charge in [0, 0.05) is 98.1 Å². The zero-order chi connectivity index (χ0) is 37.5. The number of alkyl halides is 2. The van der Waals surface area contributed by atoms with Gasteiger partial charge >= 0.3 is 0 Å². The van der Waals surface area contributed by atoms with Crippen molar-refractivity contribution in [3.8, 4) is 0 Å². The molecule has 3 aromatic heterocycles. The van der Waals surface area contributed by atoms with Crippen LogP contribution < -0.4 is 31.9 Å². The molecule has 0 aliphatic heterocycles. The number of hydrogen-bond donors (Lipinski definition) is 6. The first-order valence-corrected chi connectivity index (χ1v) is 18.6. The van der Waals surface area contributed by atoms with Crippen LogP contribution in [0.15, 0.2) is 73.1 Å². The smallest absolute Gasteiger partial charge is 0.272 e. The third-order valence-corrected chi connectivity index (χ3v) is 9.12. The first-order valence-electron chi connectivity index (χ1n) is 16.3. The molecule has 53 heavy (non-hydrogen) atoms. The highest BCUT2D eigenvalue weighted by Gasteiger charge is 2.19. The molecule has 0 radical (unpaired) electrons. The minimum atomic E-state index is -0.432. The molecule has 0 fully saturated rings. The van der Waals surface area contributed by atoms with Crippen LogP contribution in [0.4, 0.5) is 22.7 Å². The minimum absolute atomic E-state index is 0. The van der Waals surface area contributed by atoms with Gasteiger partial charge in [0.05, 0.1) is 17.2 Å². The van der Waals surface area contributed by atoms with Crippen molar-refractivity contribution in [3.05, 3.63) is 95.7 Å². The fraction of sp³-hybridized carbons (Fsp3) is 0.250. The summed E-state index contributed by atoms with van der Waals surface area (Å²) in [4.78, 5) is 54.4. The second-order valence-electron chi connectivity index (χ2n) is 12.1. The molecule has 0 aliphatic rings. The second kappa shape index (κ2) is 18.1. The number of carbonyl (C=O) groups is 4. The summed E-state index contributed by atoms with van der Waals surface area (Å²) in [5, 5.41) is 21.1. The molecule has 17 heteroatoms. The van der Waals surface area contributed by atoms with E-state index in [1.165, 1.54) is 0 Å². The summed E-state index contributed by atoms with van der Waals surface area (Å²) in [6.45, 7) is 1.92. The molecular formula is C36H41Br2ClN10O4. The average Bonchev–Trinajstić information content (AvgIpc) is 3.77. The molecule has 0 saturated carbocycles. The maximum atomic E-state index is 13.4. The van der Waals surface area contributed by atoms with Gasteiger partial charge in [0.15, 0.2) is 0 Å². The van der Waals surface area contributed by atoms with Gasteiger partial charge in [0.2, 0.25) is 0 Å². The van der Waals surface area contributed by atoms with E-state index in [0.29, 0.717) is 34.0 Å². The lowest BCUT2D eigenvalue weighted by Gasteiger charge is -2.23. The van der Waals surface area contributed by atoms with Gasteiger partial charge in [-0.05, 0) is 60.7 Å². The van der Waals surface area contributed by atoms with E-state index >= 15 is 0 Å². The summed E-state index contributed by atoms with van der Waals surface area (Å²) < 4.78 is 4.94. The number of aryl methyl sites for hydroxylation is 3. The Morgan fingerprint density at radius 2 is 1.26 bits per heavy atom. The molecule has 0 saturated heterocycles. The van der Waals surface area contributed by atoms with E-state index in [9.17, 15) is 19.2 Å². The van der Waals surface area contributed by atoms with Gasteiger partial charge in [-0.1, -0.05) is 31.9 Å². The van der Waals surface area contributed by atoms with Crippen LogP contribution in [-0.2, 0) is 21.1 Å². The van der Waals surface area contributed by atoms with Gasteiger partial charge in [-0.2, -0.15) is 0 Å². The van der Waals surface area contributed by atoms with E-state index < -0.39 is 5.91 Å². The molecule has 0 aliphatic carbocycles. The second-order valence-corrected chi connectivity index (χ2v) is 13.7. The molecule has 14 nitrogen and oxygen atoms in total. The third-order valence-electron chi connectivity index (χ3n) is 8.41. The number of nitrogens with zero attached hydrogens (tertiary/aromatic N) is 4. The van der Waals surface area contributed by atoms with Crippen molar-refractivity contribution < 1.29 is 19.2 Å². The summed E-state index contributed by atoms with van der Waals surface area (Å²) in [5.74, 6) is -1.43. The molecule has 5 aromatic rings. The lowest BCUT2D eigenvalue weighted by atomic mass is 10.1. The normalized spacial score (nSPS) is 10.7. The van der Waals surface area contributed by atoms with Crippen LogP contribution in [0.25, 0.3) is 10.9 Å². The average molecular weight is 873 g/mol. The van der Waals surface area contributed by atoms with E-state index in [1.807, 2.05) is 36.4 Å². The summed E-state index contributed by atoms with van der Waals surface area (Å²) in [6, 6.07) is 17.8. The van der Waals surface area contributed by atoms with Crippen LogP contribution in [-0.4, -0.2) is 73.5 Å². The first kappa shape index (κ1) is 40.7. The Kier molecular flexibility index (Phi) is 13.9. The number of amides is 4. The Morgan fingerprint density at radius 1 is 0.717 bits per heavy atom. The molecule has 2 aromatic carbocycles. The van der Waals surface area contributed by atoms with Gasteiger partial charge in [-0.25, -0.2) is 0 Å². The predicted molar refractivity (Wildman–Crippen MR) is 220 cm³/mol. The zero-order valence-electron chi connectivity index (χ0n) is 29.3. The number of anilines is 4. The van der Waals surface area contributed by atoms with Crippen LogP contribution >= 0.6 is 44.3 Å². The van der Waals surface area contributed by atoms with Crippen LogP contribution in [0.5, 0.6) is 0 Å². The molecule has 0 bridgehead atoms. The molecule has 5 rings (SSSR count). The molecule has 4 amide bonds. The Hall–Kier alpha value is -5.06. The van der Waals surface area contributed by atoms with Crippen LogP contribution in [0.2, 0.25) is 0 Å². The molecule has 280 valence electrons. The summed E-state index contributed by atoms with van der Waals surface area (Å²) in [6.07, 6.45) is 3.48. The number of amidine groups is 1. The molecule has 3 heterocycles. The number of fused-ring (bicyclic) bond motifs is 1. The molecule has 7 N–H and O–H groups in total. The maximum Gasteiger partial charge on any atom is 0.272 e. The molecule has 0 atom stereocenters. The van der Waals surface area contributed by atoms with E-state index in [0.717, 1.165) is 40.3 Å². The SMILES string of the molecule is Cl.Cn1cc(NC(=O)c2cc(NC(=O)c3cc4cc(NC(=O)c5ccc(N(CCBr)CCBr)cc5)ccc4n3C)cn2C)cc1C(=O)NCCC(=N)N. The van der Waals surface area contributed by atoms with E-state index in [-0.39, 0.29) is 54.6 Å². The van der Waals surface area contributed by atoms with Gasteiger partial charge in [-0.3, -0.25) is 24.6 Å². The highest BCUT2D eigenvalue weighted by molar-refractivity contribution is 9.09. The monoisotopic (exact) mass is 870 g/mol. The first-order chi connectivity index (χ1) is 24.9. The highest BCUT2D eigenvalue weighted by atomic mass is 79.9. The van der Waals surface area contributed by atoms with Crippen LogP contribution in [0, 0.1) is 5.41 Å². The number of benzene rings is 2. The number of carbonyl (C=O) groups excluding carboxylic acids is 4. The highest BCUT2D eigenvalue weighted by Crippen LogP contribution is 2.25. The number of nitrogens with two attached hydrogens (primary N) is 1. The molecular weight excluding hydrogens is 832 g/mol. The Labute approximate surface area is 329 Å². The zero-order valence-corrected chi connectivity index (χ0v) is 33.3. The number of hydrogen-bond acceptors (Lipinski definition) is 6. The van der Waals surface area contributed by atoms with Crippen molar-refractivity contribution in [2.45, 2.75) is 6.42 Å². The molecule has 0 spiro atoms. The lowest BCUT2D eigenvalue weighted by molar-refractivity contribution is 0.0944.